The van der Waals surface area contributed by atoms with Crippen LogP contribution in [0.3, 0.4) is 0 Å². The zero-order valence-corrected chi connectivity index (χ0v) is 9.46. The van der Waals surface area contributed by atoms with Gasteiger partial charge < -0.3 is 15.5 Å². The molecule has 86 valence electrons. The molecule has 0 spiro atoms. The number of carbonyl (C=O) groups is 1. The van der Waals surface area contributed by atoms with Crippen molar-refractivity contribution in [1.82, 2.24) is 15.5 Å². The number of nitrogens with zero attached hydrogens (tertiary/aromatic N) is 1. The first-order chi connectivity index (χ1) is 7.31. The Bertz CT molecular complexity index is 226. The number of piperidine rings is 1. The third kappa shape index (κ3) is 2.49. The number of rotatable bonds is 2. The molecule has 0 aromatic rings. The lowest BCUT2D eigenvalue weighted by molar-refractivity contribution is -0.135. The highest BCUT2D eigenvalue weighted by Crippen LogP contribution is 2.18. The first kappa shape index (κ1) is 10.9. The summed E-state index contributed by atoms with van der Waals surface area (Å²) in [6, 6.07) is 0.510. The zero-order valence-electron chi connectivity index (χ0n) is 9.46. The summed E-state index contributed by atoms with van der Waals surface area (Å²) in [6.07, 6.45) is 3.13. The van der Waals surface area contributed by atoms with Crippen molar-refractivity contribution in [3.63, 3.8) is 0 Å². The van der Waals surface area contributed by atoms with Gasteiger partial charge in [0.1, 0.15) is 0 Å². The molecule has 2 N–H and O–H groups in total. The average Bonchev–Trinajstić information content (AvgIpc) is 2.78. The fourth-order valence-corrected chi connectivity index (χ4v) is 2.52. The Hall–Kier alpha value is -0.610. The molecule has 2 saturated heterocycles. The summed E-state index contributed by atoms with van der Waals surface area (Å²) in [6.45, 7) is 3.84. The Kier molecular flexibility index (Phi) is 3.59. The third-order valence-electron chi connectivity index (χ3n) is 3.60. The first-order valence-corrected chi connectivity index (χ1v) is 5.98. The summed E-state index contributed by atoms with van der Waals surface area (Å²) in [5, 5.41) is 6.54. The molecule has 0 aliphatic carbocycles. The van der Waals surface area contributed by atoms with Gasteiger partial charge in [0.15, 0.2) is 0 Å². The molecule has 0 saturated carbocycles. The molecule has 1 amide bonds. The minimum Gasteiger partial charge on any atom is -0.341 e. The summed E-state index contributed by atoms with van der Waals surface area (Å²) in [7, 11) is 1.98. The van der Waals surface area contributed by atoms with Gasteiger partial charge in [0.2, 0.25) is 5.91 Å². The van der Waals surface area contributed by atoms with Crippen LogP contribution in [0, 0.1) is 5.92 Å². The van der Waals surface area contributed by atoms with Gasteiger partial charge in [-0.15, -0.1) is 0 Å². The van der Waals surface area contributed by atoms with Crippen LogP contribution < -0.4 is 10.6 Å². The summed E-state index contributed by atoms with van der Waals surface area (Å²) < 4.78 is 0. The molecular weight excluding hydrogens is 190 g/mol. The first-order valence-electron chi connectivity index (χ1n) is 5.98. The monoisotopic (exact) mass is 211 g/mol. The molecule has 2 fully saturated rings. The molecule has 2 rings (SSSR count). The molecule has 15 heavy (non-hydrogen) atoms. The maximum absolute atomic E-state index is 12.1. The molecule has 4 nitrogen and oxygen atoms in total. The number of hydrogen-bond acceptors (Lipinski definition) is 3. The number of nitrogens with one attached hydrogen (secondary N) is 2. The van der Waals surface area contributed by atoms with Crippen molar-refractivity contribution < 1.29 is 4.79 Å². The lowest BCUT2D eigenvalue weighted by Crippen LogP contribution is -2.41. The van der Waals surface area contributed by atoms with Gasteiger partial charge >= 0.3 is 0 Å². The Morgan fingerprint density at radius 1 is 1.33 bits per heavy atom. The topological polar surface area (TPSA) is 44.4 Å². The van der Waals surface area contributed by atoms with E-state index in [-0.39, 0.29) is 5.92 Å². The summed E-state index contributed by atoms with van der Waals surface area (Å²) in [5.41, 5.74) is 0. The zero-order chi connectivity index (χ0) is 10.7. The van der Waals surface area contributed by atoms with Gasteiger partial charge in [0.05, 0.1) is 0 Å². The number of hydrogen-bond donors (Lipinski definition) is 2. The summed E-state index contributed by atoms with van der Waals surface area (Å²) >= 11 is 0. The van der Waals surface area contributed by atoms with E-state index < -0.39 is 0 Å². The van der Waals surface area contributed by atoms with Crippen molar-refractivity contribution >= 4 is 5.91 Å². The van der Waals surface area contributed by atoms with Gasteiger partial charge in [0.25, 0.3) is 0 Å². The van der Waals surface area contributed by atoms with Gasteiger partial charge in [-0.1, -0.05) is 0 Å². The van der Waals surface area contributed by atoms with E-state index in [1.807, 2.05) is 11.9 Å². The van der Waals surface area contributed by atoms with Crippen LogP contribution in [0.1, 0.15) is 19.3 Å². The van der Waals surface area contributed by atoms with Crippen LogP contribution in [0.4, 0.5) is 0 Å². The highest BCUT2D eigenvalue weighted by molar-refractivity contribution is 5.79. The lowest BCUT2D eigenvalue weighted by Gasteiger charge is -2.26. The number of carbonyl (C=O) groups excluding carboxylic acids is 1. The van der Waals surface area contributed by atoms with Crippen LogP contribution in [0.5, 0.6) is 0 Å². The van der Waals surface area contributed by atoms with Crippen LogP contribution in [0.15, 0.2) is 0 Å². The fraction of sp³-hybridized carbons (Fsp3) is 0.909. The molecule has 2 heterocycles. The van der Waals surface area contributed by atoms with E-state index in [1.54, 1.807) is 0 Å². The van der Waals surface area contributed by atoms with Gasteiger partial charge in [-0.25, -0.2) is 0 Å². The van der Waals surface area contributed by atoms with Crippen molar-refractivity contribution in [2.75, 3.05) is 33.2 Å². The Labute approximate surface area is 91.4 Å². The fourth-order valence-electron chi connectivity index (χ4n) is 2.52. The van der Waals surface area contributed by atoms with Crippen molar-refractivity contribution in [2.45, 2.75) is 25.3 Å². The Morgan fingerprint density at radius 3 is 2.67 bits per heavy atom. The van der Waals surface area contributed by atoms with Gasteiger partial charge in [-0.3, -0.25) is 4.79 Å². The predicted molar refractivity (Wildman–Crippen MR) is 59.6 cm³/mol. The highest BCUT2D eigenvalue weighted by Gasteiger charge is 2.30. The molecule has 1 atom stereocenters. The SMILES string of the molecule is CNC1CCN(C(=O)C2CCNCC2)C1. The molecule has 4 heteroatoms. The summed E-state index contributed by atoms with van der Waals surface area (Å²) in [5.74, 6) is 0.663. The third-order valence-corrected chi connectivity index (χ3v) is 3.60. The van der Waals surface area contributed by atoms with Crippen molar-refractivity contribution in [2.24, 2.45) is 5.92 Å². The molecule has 0 radical (unpaired) electrons. The van der Waals surface area contributed by atoms with E-state index in [1.165, 1.54) is 0 Å². The van der Waals surface area contributed by atoms with Crippen LogP contribution in [0.2, 0.25) is 0 Å². The normalized spacial score (nSPS) is 28.3. The molecule has 0 bridgehead atoms. The van der Waals surface area contributed by atoms with Crippen molar-refractivity contribution in [3.8, 4) is 0 Å². The maximum Gasteiger partial charge on any atom is 0.225 e. The summed E-state index contributed by atoms with van der Waals surface area (Å²) in [4.78, 5) is 14.2. The predicted octanol–water partition coefficient (Wildman–Crippen LogP) is -0.194. The Morgan fingerprint density at radius 2 is 2.07 bits per heavy atom. The van der Waals surface area contributed by atoms with E-state index in [0.717, 1.165) is 45.4 Å². The molecule has 0 aromatic heterocycles. The molecule has 1 unspecified atom stereocenters. The van der Waals surface area contributed by atoms with Gasteiger partial charge in [-0.2, -0.15) is 0 Å². The van der Waals surface area contributed by atoms with E-state index in [0.29, 0.717) is 11.9 Å². The second-order valence-electron chi connectivity index (χ2n) is 4.58. The van der Waals surface area contributed by atoms with Crippen LogP contribution >= 0.6 is 0 Å². The Balaban J connectivity index is 1.85. The number of likely N-dealkylation sites (N-methyl/N-ethyl adjacent to an activating group) is 1. The highest BCUT2D eigenvalue weighted by atomic mass is 16.2. The smallest absolute Gasteiger partial charge is 0.225 e. The van der Waals surface area contributed by atoms with Crippen molar-refractivity contribution in [1.29, 1.82) is 0 Å². The van der Waals surface area contributed by atoms with Crippen molar-refractivity contribution in [3.05, 3.63) is 0 Å². The second-order valence-corrected chi connectivity index (χ2v) is 4.58. The molecular formula is C11H21N3O. The lowest BCUT2D eigenvalue weighted by atomic mass is 9.97. The van der Waals surface area contributed by atoms with E-state index >= 15 is 0 Å². The van der Waals surface area contributed by atoms with E-state index in [4.69, 9.17) is 0 Å². The minimum atomic E-state index is 0.279. The van der Waals surface area contributed by atoms with Crippen LogP contribution in [0.25, 0.3) is 0 Å². The van der Waals surface area contributed by atoms with Crippen LogP contribution in [-0.2, 0) is 4.79 Å². The molecule has 2 aliphatic rings. The second kappa shape index (κ2) is 4.94. The molecule has 0 aromatic carbocycles. The average molecular weight is 211 g/mol. The number of amides is 1. The van der Waals surface area contributed by atoms with E-state index in [2.05, 4.69) is 10.6 Å². The van der Waals surface area contributed by atoms with E-state index in [9.17, 15) is 4.79 Å². The largest absolute Gasteiger partial charge is 0.341 e. The standard InChI is InChI=1S/C11H21N3O/c1-12-10-4-7-14(8-10)11(15)9-2-5-13-6-3-9/h9-10,12-13H,2-8H2,1H3. The van der Waals surface area contributed by atoms with Gasteiger partial charge in [0, 0.05) is 25.0 Å². The minimum absolute atomic E-state index is 0.279. The maximum atomic E-state index is 12.1. The quantitative estimate of drug-likeness (QED) is 0.665. The number of likely N-dealkylation sites (tertiary alicyclic amines) is 1. The van der Waals surface area contributed by atoms with Crippen LogP contribution in [-0.4, -0.2) is 50.1 Å². The van der Waals surface area contributed by atoms with Gasteiger partial charge in [-0.05, 0) is 39.4 Å². The molecule has 2 aliphatic heterocycles.